The predicted molar refractivity (Wildman–Crippen MR) is 77.7 cm³/mol. The van der Waals surface area contributed by atoms with Gasteiger partial charge in [-0.05, 0) is 19.1 Å². The van der Waals surface area contributed by atoms with Gasteiger partial charge in [-0.15, -0.1) is 13.2 Å². The number of benzene rings is 1. The summed E-state index contributed by atoms with van der Waals surface area (Å²) < 4.78 is 45.0. The van der Waals surface area contributed by atoms with E-state index in [-0.39, 0.29) is 30.8 Å². The minimum atomic E-state index is -4.83. The lowest BCUT2D eigenvalue weighted by Crippen LogP contribution is -2.20. The number of carboxylic acids is 1. The lowest BCUT2D eigenvalue weighted by molar-refractivity contribution is -0.274. The van der Waals surface area contributed by atoms with Gasteiger partial charge in [0.2, 0.25) is 0 Å². The van der Waals surface area contributed by atoms with Gasteiger partial charge in [0.15, 0.2) is 0 Å². The number of nitrogens with zero attached hydrogens (tertiary/aromatic N) is 1. The van der Waals surface area contributed by atoms with Gasteiger partial charge in [0.1, 0.15) is 11.5 Å². The fourth-order valence-corrected chi connectivity index (χ4v) is 1.54. The Labute approximate surface area is 135 Å². The van der Waals surface area contributed by atoms with E-state index in [4.69, 9.17) is 9.84 Å². The lowest BCUT2D eigenvalue weighted by Gasteiger charge is -2.10. The number of esters is 1. The molecule has 0 saturated carbocycles. The van der Waals surface area contributed by atoms with Crippen LogP contribution < -0.4 is 10.2 Å². The summed E-state index contributed by atoms with van der Waals surface area (Å²) in [4.78, 5) is 22.3. The molecule has 0 unspecified atom stereocenters. The van der Waals surface area contributed by atoms with Crippen molar-refractivity contribution in [1.82, 2.24) is 0 Å². The standard InChI is InChI=1S/C14H15F3N2O5/c1-2-23-13(22)11(6-7-12(20)21)19-18-9-4-3-5-10(8-9)24-14(15,16)17/h3-5,8,18H,2,6-7H2,1H3,(H,20,21)/b19-11+. The summed E-state index contributed by atoms with van der Waals surface area (Å²) in [5.41, 5.74) is 2.31. The number of aliphatic carboxylic acids is 1. The van der Waals surface area contributed by atoms with Crippen LogP contribution in [0.5, 0.6) is 5.75 Å². The van der Waals surface area contributed by atoms with Crippen LogP contribution in [0.15, 0.2) is 29.4 Å². The van der Waals surface area contributed by atoms with Crippen LogP contribution in [0.4, 0.5) is 18.9 Å². The zero-order valence-corrected chi connectivity index (χ0v) is 12.6. The number of rotatable bonds is 8. The summed E-state index contributed by atoms with van der Waals surface area (Å²) >= 11 is 0. The molecule has 1 aromatic rings. The summed E-state index contributed by atoms with van der Waals surface area (Å²) in [5, 5.41) is 12.4. The topological polar surface area (TPSA) is 97.2 Å². The molecule has 0 aliphatic carbocycles. The van der Waals surface area contributed by atoms with Crippen LogP contribution in [0.25, 0.3) is 0 Å². The van der Waals surface area contributed by atoms with Crippen LogP contribution in [0.1, 0.15) is 19.8 Å². The van der Waals surface area contributed by atoms with E-state index >= 15 is 0 Å². The fraction of sp³-hybridized carbons (Fsp3) is 0.357. The van der Waals surface area contributed by atoms with E-state index in [0.29, 0.717) is 0 Å². The molecule has 24 heavy (non-hydrogen) atoms. The highest BCUT2D eigenvalue weighted by Crippen LogP contribution is 2.25. The first-order valence-electron chi connectivity index (χ1n) is 6.78. The molecule has 0 amide bonds. The lowest BCUT2D eigenvalue weighted by atomic mass is 10.2. The fourth-order valence-electron chi connectivity index (χ4n) is 1.54. The Balaban J connectivity index is 2.85. The molecule has 0 aliphatic heterocycles. The first-order chi connectivity index (χ1) is 11.2. The molecule has 0 heterocycles. The molecule has 0 fully saturated rings. The van der Waals surface area contributed by atoms with Gasteiger partial charge in [0, 0.05) is 12.5 Å². The zero-order valence-electron chi connectivity index (χ0n) is 12.6. The summed E-state index contributed by atoms with van der Waals surface area (Å²) in [5.74, 6) is -2.41. The highest BCUT2D eigenvalue weighted by molar-refractivity contribution is 6.36. The number of hydrazone groups is 1. The van der Waals surface area contributed by atoms with Crippen molar-refractivity contribution >= 4 is 23.3 Å². The Kier molecular flexibility index (Phi) is 7.02. The number of nitrogens with one attached hydrogen (secondary N) is 1. The van der Waals surface area contributed by atoms with Crippen molar-refractivity contribution in [3.8, 4) is 5.75 Å². The van der Waals surface area contributed by atoms with Gasteiger partial charge in [-0.25, -0.2) is 4.79 Å². The van der Waals surface area contributed by atoms with Gasteiger partial charge in [-0.3, -0.25) is 10.2 Å². The molecule has 0 radical (unpaired) electrons. The smallest absolute Gasteiger partial charge is 0.481 e. The van der Waals surface area contributed by atoms with Gasteiger partial charge in [-0.2, -0.15) is 5.10 Å². The van der Waals surface area contributed by atoms with Gasteiger partial charge >= 0.3 is 18.3 Å². The predicted octanol–water partition coefficient (Wildman–Crippen LogP) is 2.78. The number of ether oxygens (including phenoxy) is 2. The first kappa shape index (κ1) is 19.3. The second kappa shape index (κ2) is 8.75. The van der Waals surface area contributed by atoms with Gasteiger partial charge in [0.05, 0.1) is 18.7 Å². The van der Waals surface area contributed by atoms with Gasteiger partial charge in [0.25, 0.3) is 0 Å². The van der Waals surface area contributed by atoms with Crippen LogP contribution in [-0.4, -0.2) is 35.7 Å². The molecule has 1 aromatic carbocycles. The summed E-state index contributed by atoms with van der Waals surface area (Å²) in [6.07, 6.45) is -5.38. The van der Waals surface area contributed by atoms with Crippen LogP contribution in [0.2, 0.25) is 0 Å². The third-order valence-electron chi connectivity index (χ3n) is 2.47. The van der Waals surface area contributed by atoms with Crippen LogP contribution in [0, 0.1) is 0 Å². The highest BCUT2D eigenvalue weighted by Gasteiger charge is 2.31. The van der Waals surface area contributed by atoms with E-state index < -0.39 is 24.1 Å². The van der Waals surface area contributed by atoms with Crippen molar-refractivity contribution in [1.29, 1.82) is 0 Å². The number of hydrogen-bond acceptors (Lipinski definition) is 6. The molecule has 2 N–H and O–H groups in total. The number of alkyl halides is 3. The van der Waals surface area contributed by atoms with Crippen molar-refractivity contribution in [2.24, 2.45) is 5.10 Å². The van der Waals surface area contributed by atoms with Crippen molar-refractivity contribution in [3.05, 3.63) is 24.3 Å². The Morgan fingerprint density at radius 3 is 2.58 bits per heavy atom. The molecule has 1 rings (SSSR count). The molecular formula is C14H15F3N2O5. The molecule has 0 saturated heterocycles. The molecule has 0 aromatic heterocycles. The number of carbonyl (C=O) groups is 2. The Morgan fingerprint density at radius 1 is 1.29 bits per heavy atom. The average Bonchev–Trinajstić information content (AvgIpc) is 2.45. The van der Waals surface area contributed by atoms with Crippen LogP contribution >= 0.6 is 0 Å². The van der Waals surface area contributed by atoms with Gasteiger partial charge < -0.3 is 14.6 Å². The zero-order chi connectivity index (χ0) is 18.2. The summed E-state index contributed by atoms with van der Waals surface area (Å²) in [7, 11) is 0. The highest BCUT2D eigenvalue weighted by atomic mass is 19.4. The Morgan fingerprint density at radius 2 is 2.00 bits per heavy atom. The van der Waals surface area contributed by atoms with E-state index in [0.717, 1.165) is 12.1 Å². The van der Waals surface area contributed by atoms with Crippen molar-refractivity contribution in [2.45, 2.75) is 26.1 Å². The number of carbonyl (C=O) groups excluding carboxylic acids is 1. The quantitative estimate of drug-likeness (QED) is 0.426. The van der Waals surface area contributed by atoms with Gasteiger partial charge in [-0.1, -0.05) is 6.07 Å². The maximum atomic E-state index is 12.2. The first-order valence-corrected chi connectivity index (χ1v) is 6.78. The second-order valence-corrected chi connectivity index (χ2v) is 4.36. The van der Waals surface area contributed by atoms with Crippen molar-refractivity contribution in [2.75, 3.05) is 12.0 Å². The Hall–Kier alpha value is -2.78. The normalized spacial score (nSPS) is 11.8. The van der Waals surface area contributed by atoms with Crippen LogP contribution in [-0.2, 0) is 14.3 Å². The van der Waals surface area contributed by atoms with E-state index in [1.807, 2.05) is 0 Å². The number of carboxylic acid groups (broad SMARTS) is 1. The molecule has 0 aliphatic rings. The summed E-state index contributed by atoms with van der Waals surface area (Å²) in [6, 6.07) is 4.81. The summed E-state index contributed by atoms with van der Waals surface area (Å²) in [6.45, 7) is 1.64. The molecule has 7 nitrogen and oxygen atoms in total. The second-order valence-electron chi connectivity index (χ2n) is 4.36. The molecule has 10 heteroatoms. The van der Waals surface area contributed by atoms with Crippen LogP contribution in [0.3, 0.4) is 0 Å². The monoisotopic (exact) mass is 348 g/mol. The number of hydrogen-bond donors (Lipinski definition) is 2. The number of anilines is 1. The molecular weight excluding hydrogens is 333 g/mol. The van der Waals surface area contributed by atoms with E-state index in [2.05, 4.69) is 15.3 Å². The molecule has 0 bridgehead atoms. The third-order valence-corrected chi connectivity index (χ3v) is 2.47. The maximum Gasteiger partial charge on any atom is 0.573 e. The molecule has 132 valence electrons. The Bertz CT molecular complexity index is 617. The van der Waals surface area contributed by atoms with E-state index in [1.54, 1.807) is 6.92 Å². The van der Waals surface area contributed by atoms with Crippen molar-refractivity contribution < 1.29 is 37.3 Å². The SMILES string of the molecule is CCOC(=O)/C(CCC(=O)O)=N/Nc1cccc(OC(F)(F)F)c1. The maximum absolute atomic E-state index is 12.2. The number of halogens is 3. The van der Waals surface area contributed by atoms with E-state index in [9.17, 15) is 22.8 Å². The third kappa shape index (κ3) is 7.47. The molecule has 0 atom stereocenters. The minimum Gasteiger partial charge on any atom is -0.481 e. The van der Waals surface area contributed by atoms with Crippen molar-refractivity contribution in [3.63, 3.8) is 0 Å². The average molecular weight is 348 g/mol. The largest absolute Gasteiger partial charge is 0.573 e. The molecule has 0 spiro atoms. The minimum absolute atomic E-state index is 0.0693. The van der Waals surface area contributed by atoms with E-state index in [1.165, 1.54) is 12.1 Å².